The quantitative estimate of drug-likeness (QED) is 0.676. The molecule has 0 saturated heterocycles. The number of benzene rings is 2. The summed E-state index contributed by atoms with van der Waals surface area (Å²) in [5.41, 5.74) is -0.108. The van der Waals surface area contributed by atoms with Crippen LogP contribution < -0.4 is 10.0 Å². The van der Waals surface area contributed by atoms with Crippen molar-refractivity contribution in [3.05, 3.63) is 65.7 Å². The Kier molecular flexibility index (Phi) is 7.39. The van der Waals surface area contributed by atoms with Crippen LogP contribution in [0.5, 0.6) is 0 Å². The summed E-state index contributed by atoms with van der Waals surface area (Å²) < 4.78 is 64.8. The van der Waals surface area contributed by atoms with Crippen LogP contribution in [0.25, 0.3) is 0 Å². The minimum absolute atomic E-state index is 0.125. The number of carbonyl (C=O) groups is 1. The van der Waals surface area contributed by atoms with Crippen LogP contribution in [0.2, 0.25) is 0 Å². The summed E-state index contributed by atoms with van der Waals surface area (Å²) in [6, 6.07) is 12.6. The van der Waals surface area contributed by atoms with E-state index in [0.29, 0.717) is 6.07 Å². The third-order valence-corrected chi connectivity index (χ3v) is 5.59. The highest BCUT2D eigenvalue weighted by atomic mass is 32.2. The van der Waals surface area contributed by atoms with Crippen LogP contribution in [0.4, 0.5) is 13.2 Å². The van der Waals surface area contributed by atoms with Crippen LogP contribution >= 0.6 is 0 Å². The number of carbonyl (C=O) groups excluding carboxylic acids is 1. The first-order chi connectivity index (χ1) is 13.5. The summed E-state index contributed by atoms with van der Waals surface area (Å²) in [5, 5.41) is 2.63. The van der Waals surface area contributed by atoms with Gasteiger partial charge < -0.3 is 10.2 Å². The summed E-state index contributed by atoms with van der Waals surface area (Å²) in [4.78, 5) is 13.4. The fraction of sp³-hybridized carbons (Fsp3) is 0.316. The zero-order chi connectivity index (χ0) is 21.7. The molecule has 2 aromatic carbocycles. The highest BCUT2D eigenvalue weighted by Crippen LogP contribution is 2.30. The van der Waals surface area contributed by atoms with E-state index in [2.05, 4.69) is 5.32 Å². The number of hydrogen-bond donors (Lipinski definition) is 2. The number of likely N-dealkylation sites (N-methyl/N-ethyl adjacent to an activating group) is 1. The van der Waals surface area contributed by atoms with Crippen molar-refractivity contribution in [1.82, 2.24) is 14.9 Å². The van der Waals surface area contributed by atoms with E-state index in [9.17, 15) is 26.4 Å². The van der Waals surface area contributed by atoms with Gasteiger partial charge in [0.1, 0.15) is 0 Å². The Hall–Kier alpha value is -2.43. The van der Waals surface area contributed by atoms with Crippen molar-refractivity contribution < 1.29 is 26.4 Å². The molecule has 0 fully saturated rings. The van der Waals surface area contributed by atoms with E-state index in [1.165, 1.54) is 0 Å². The largest absolute Gasteiger partial charge is 0.416 e. The Morgan fingerprint density at radius 1 is 1.07 bits per heavy atom. The molecule has 0 aromatic heterocycles. The molecule has 158 valence electrons. The maximum atomic E-state index is 12.8. The smallest absolute Gasteiger partial charge is 0.353 e. The van der Waals surface area contributed by atoms with Gasteiger partial charge in [0, 0.05) is 6.54 Å². The van der Waals surface area contributed by atoms with Crippen molar-refractivity contribution in [2.75, 3.05) is 27.2 Å². The monoisotopic (exact) mass is 429 g/mol. The average Bonchev–Trinajstić information content (AvgIpc) is 2.66. The molecule has 29 heavy (non-hydrogen) atoms. The number of rotatable bonds is 8. The molecule has 2 aromatic rings. The van der Waals surface area contributed by atoms with Crippen LogP contribution in [-0.4, -0.2) is 46.4 Å². The van der Waals surface area contributed by atoms with Gasteiger partial charge in [-0.05, 0) is 37.9 Å². The summed E-state index contributed by atoms with van der Waals surface area (Å²) >= 11 is 0. The second-order valence-corrected chi connectivity index (χ2v) is 8.31. The molecule has 2 N–H and O–H groups in total. The minimum Gasteiger partial charge on any atom is -0.353 e. The maximum Gasteiger partial charge on any atom is 0.416 e. The molecule has 0 radical (unpaired) electrons. The fourth-order valence-corrected chi connectivity index (χ4v) is 3.66. The zero-order valence-corrected chi connectivity index (χ0v) is 16.7. The Labute approximate surface area is 167 Å². The second kappa shape index (κ2) is 9.38. The Balaban J connectivity index is 1.97. The van der Waals surface area contributed by atoms with Gasteiger partial charge in [0.15, 0.2) is 0 Å². The van der Waals surface area contributed by atoms with Gasteiger partial charge in [-0.1, -0.05) is 36.4 Å². The molecule has 1 amide bonds. The topological polar surface area (TPSA) is 78.5 Å². The number of nitrogens with one attached hydrogen (secondary N) is 2. The van der Waals surface area contributed by atoms with Crippen molar-refractivity contribution in [3.63, 3.8) is 0 Å². The van der Waals surface area contributed by atoms with E-state index in [1.807, 2.05) is 54.0 Å². The standard InChI is InChI=1S/C19H22F3N3O3S/c1-25(2)17(14-7-4-3-5-8-14)12-23-18(26)13-24-29(27,28)16-10-6-9-15(11-16)19(20,21)22/h3-11,17,24H,12-13H2,1-2H3,(H,23,26). The number of nitrogens with zero attached hydrogens (tertiary/aromatic N) is 1. The Morgan fingerprint density at radius 2 is 1.72 bits per heavy atom. The molecule has 0 spiro atoms. The van der Waals surface area contributed by atoms with Gasteiger partial charge in [0.05, 0.1) is 23.0 Å². The van der Waals surface area contributed by atoms with E-state index in [-0.39, 0.29) is 12.6 Å². The molecular weight excluding hydrogens is 407 g/mol. The van der Waals surface area contributed by atoms with E-state index in [4.69, 9.17) is 0 Å². The van der Waals surface area contributed by atoms with Gasteiger partial charge in [0.2, 0.25) is 15.9 Å². The van der Waals surface area contributed by atoms with Gasteiger partial charge in [-0.2, -0.15) is 13.2 Å². The first kappa shape index (κ1) is 22.9. The van der Waals surface area contributed by atoms with Gasteiger partial charge >= 0.3 is 6.18 Å². The molecule has 2 rings (SSSR count). The van der Waals surface area contributed by atoms with Crippen molar-refractivity contribution >= 4 is 15.9 Å². The van der Waals surface area contributed by atoms with E-state index >= 15 is 0 Å². The number of amides is 1. The van der Waals surface area contributed by atoms with Crippen molar-refractivity contribution in [1.29, 1.82) is 0 Å². The summed E-state index contributed by atoms with van der Waals surface area (Å²) in [6.45, 7) is -0.353. The molecule has 0 bridgehead atoms. The summed E-state index contributed by atoms with van der Waals surface area (Å²) in [6.07, 6.45) is -4.67. The average molecular weight is 429 g/mol. The predicted octanol–water partition coefficient (Wildman–Crippen LogP) is 2.40. The molecule has 0 heterocycles. The molecule has 0 aliphatic carbocycles. The molecule has 0 saturated carbocycles. The van der Waals surface area contributed by atoms with Crippen LogP contribution in [0.15, 0.2) is 59.5 Å². The van der Waals surface area contributed by atoms with Gasteiger partial charge in [-0.3, -0.25) is 4.79 Å². The third-order valence-electron chi connectivity index (χ3n) is 4.19. The van der Waals surface area contributed by atoms with Gasteiger partial charge in [0.25, 0.3) is 0 Å². The number of alkyl halides is 3. The van der Waals surface area contributed by atoms with E-state index in [1.54, 1.807) is 0 Å². The normalized spacial score (nSPS) is 13.3. The highest BCUT2D eigenvalue weighted by molar-refractivity contribution is 7.89. The highest BCUT2D eigenvalue weighted by Gasteiger charge is 2.31. The maximum absolute atomic E-state index is 12.8. The minimum atomic E-state index is -4.67. The van der Waals surface area contributed by atoms with Crippen molar-refractivity contribution in [2.24, 2.45) is 0 Å². The number of halogens is 3. The number of sulfonamides is 1. The van der Waals surface area contributed by atoms with Gasteiger partial charge in [-0.25, -0.2) is 13.1 Å². The van der Waals surface area contributed by atoms with Crippen LogP contribution in [0.1, 0.15) is 17.2 Å². The van der Waals surface area contributed by atoms with E-state index < -0.39 is 39.1 Å². The van der Waals surface area contributed by atoms with Crippen LogP contribution in [0.3, 0.4) is 0 Å². The zero-order valence-electron chi connectivity index (χ0n) is 15.9. The lowest BCUT2D eigenvalue weighted by Crippen LogP contribution is -2.40. The summed E-state index contributed by atoms with van der Waals surface area (Å²) in [7, 11) is -0.572. The summed E-state index contributed by atoms with van der Waals surface area (Å²) in [5.74, 6) is -0.594. The first-order valence-electron chi connectivity index (χ1n) is 8.65. The fourth-order valence-electron chi connectivity index (χ4n) is 2.63. The van der Waals surface area contributed by atoms with Crippen molar-refractivity contribution in [3.8, 4) is 0 Å². The molecule has 0 aliphatic heterocycles. The molecule has 10 heteroatoms. The lowest BCUT2D eigenvalue weighted by Gasteiger charge is -2.25. The molecule has 1 atom stereocenters. The predicted molar refractivity (Wildman–Crippen MR) is 103 cm³/mol. The lowest BCUT2D eigenvalue weighted by molar-refractivity contribution is -0.137. The lowest BCUT2D eigenvalue weighted by atomic mass is 10.1. The van der Waals surface area contributed by atoms with Gasteiger partial charge in [-0.15, -0.1) is 0 Å². The Bertz CT molecular complexity index is 932. The Morgan fingerprint density at radius 3 is 2.31 bits per heavy atom. The molecular formula is C19H22F3N3O3S. The third kappa shape index (κ3) is 6.55. The van der Waals surface area contributed by atoms with Crippen molar-refractivity contribution in [2.45, 2.75) is 17.1 Å². The molecule has 6 nitrogen and oxygen atoms in total. The molecule has 0 aliphatic rings. The van der Waals surface area contributed by atoms with E-state index in [0.717, 1.165) is 23.8 Å². The molecule has 1 unspecified atom stereocenters. The SMILES string of the molecule is CN(C)C(CNC(=O)CNS(=O)(=O)c1cccc(C(F)(F)F)c1)c1ccccc1. The second-order valence-electron chi connectivity index (χ2n) is 6.54. The van der Waals surface area contributed by atoms with Crippen LogP contribution in [-0.2, 0) is 21.0 Å². The first-order valence-corrected chi connectivity index (χ1v) is 10.1. The van der Waals surface area contributed by atoms with Crippen LogP contribution in [0, 0.1) is 0 Å². The number of hydrogen-bond acceptors (Lipinski definition) is 4.